The third kappa shape index (κ3) is 1.93. The minimum Gasteiger partial charge on any atom is -0.393 e. The van der Waals surface area contributed by atoms with Crippen LogP contribution in [0.4, 0.5) is 0 Å². The van der Waals surface area contributed by atoms with Crippen molar-refractivity contribution in [2.24, 2.45) is 0 Å². The van der Waals surface area contributed by atoms with Crippen LogP contribution in [-0.4, -0.2) is 23.9 Å². The maximum Gasteiger partial charge on any atom is 0.0960 e. The van der Waals surface area contributed by atoms with Crippen molar-refractivity contribution < 1.29 is 9.84 Å². The summed E-state index contributed by atoms with van der Waals surface area (Å²) < 4.78 is 5.62. The van der Waals surface area contributed by atoms with E-state index < -0.39 is 0 Å². The van der Waals surface area contributed by atoms with E-state index in [1.807, 2.05) is 6.07 Å². The normalized spacial score (nSPS) is 28.1. The topological polar surface area (TPSA) is 29.5 Å². The summed E-state index contributed by atoms with van der Waals surface area (Å²) in [5.74, 6) is 0. The first-order chi connectivity index (χ1) is 6.35. The van der Waals surface area contributed by atoms with Crippen molar-refractivity contribution in [3.05, 3.63) is 22.4 Å². The molecule has 0 aliphatic carbocycles. The molecule has 0 spiro atoms. The molecule has 3 heteroatoms. The Hall–Kier alpha value is -0.380. The second-order valence-electron chi connectivity index (χ2n) is 3.55. The Bertz CT molecular complexity index is 250. The summed E-state index contributed by atoms with van der Waals surface area (Å²) in [5.41, 5.74) is -0.273. The number of thiophene rings is 1. The number of aliphatic hydroxyl groups excluding tert-OH is 1. The zero-order valence-corrected chi connectivity index (χ0v) is 8.35. The first-order valence-corrected chi connectivity index (χ1v) is 5.50. The SMILES string of the molecule is OCC1(Cc2cccs2)CCCO1. The minimum absolute atomic E-state index is 0.144. The lowest BCUT2D eigenvalue weighted by atomic mass is 9.96. The van der Waals surface area contributed by atoms with Gasteiger partial charge in [0.1, 0.15) is 0 Å². The average molecular weight is 198 g/mol. The molecule has 0 saturated carbocycles. The van der Waals surface area contributed by atoms with Crippen molar-refractivity contribution in [2.75, 3.05) is 13.2 Å². The molecular formula is C10H14O2S. The molecule has 1 aromatic heterocycles. The van der Waals surface area contributed by atoms with Crippen molar-refractivity contribution in [3.8, 4) is 0 Å². The molecule has 0 amide bonds. The summed E-state index contributed by atoms with van der Waals surface area (Å²) in [4.78, 5) is 1.30. The van der Waals surface area contributed by atoms with E-state index in [9.17, 15) is 5.11 Å². The van der Waals surface area contributed by atoms with Gasteiger partial charge in [-0.1, -0.05) is 6.07 Å². The van der Waals surface area contributed by atoms with Gasteiger partial charge in [-0.05, 0) is 24.3 Å². The maximum absolute atomic E-state index is 9.29. The quantitative estimate of drug-likeness (QED) is 0.803. The van der Waals surface area contributed by atoms with Gasteiger partial charge in [0, 0.05) is 17.9 Å². The van der Waals surface area contributed by atoms with Crippen LogP contribution in [0.2, 0.25) is 0 Å². The summed E-state index contributed by atoms with van der Waals surface area (Å²) in [7, 11) is 0. The van der Waals surface area contributed by atoms with Crippen LogP contribution in [0, 0.1) is 0 Å². The highest BCUT2D eigenvalue weighted by molar-refractivity contribution is 7.09. The second kappa shape index (κ2) is 3.78. The highest BCUT2D eigenvalue weighted by Gasteiger charge is 2.34. The molecule has 0 bridgehead atoms. The summed E-state index contributed by atoms with van der Waals surface area (Å²) in [6.07, 6.45) is 2.93. The van der Waals surface area contributed by atoms with Gasteiger partial charge in [0.25, 0.3) is 0 Å². The number of hydrogen-bond acceptors (Lipinski definition) is 3. The van der Waals surface area contributed by atoms with Gasteiger partial charge in [-0.15, -0.1) is 11.3 Å². The fourth-order valence-electron chi connectivity index (χ4n) is 1.81. The lowest BCUT2D eigenvalue weighted by molar-refractivity contribution is -0.0371. The second-order valence-corrected chi connectivity index (χ2v) is 4.58. The van der Waals surface area contributed by atoms with Crippen LogP contribution < -0.4 is 0 Å². The zero-order valence-electron chi connectivity index (χ0n) is 7.53. The van der Waals surface area contributed by atoms with E-state index in [0.717, 1.165) is 25.9 Å². The van der Waals surface area contributed by atoms with Gasteiger partial charge in [-0.3, -0.25) is 0 Å². The van der Waals surface area contributed by atoms with Gasteiger partial charge in [-0.2, -0.15) is 0 Å². The Kier molecular flexibility index (Phi) is 2.67. The lowest BCUT2D eigenvalue weighted by Gasteiger charge is -2.24. The molecule has 1 aromatic rings. The number of rotatable bonds is 3. The van der Waals surface area contributed by atoms with E-state index in [1.165, 1.54) is 4.88 Å². The summed E-state index contributed by atoms with van der Waals surface area (Å²) in [6, 6.07) is 4.14. The molecule has 0 radical (unpaired) electrons. The predicted molar refractivity (Wildman–Crippen MR) is 53.0 cm³/mol. The monoisotopic (exact) mass is 198 g/mol. The molecule has 1 atom stereocenters. The van der Waals surface area contributed by atoms with Gasteiger partial charge < -0.3 is 9.84 Å². The fourth-order valence-corrected chi connectivity index (χ4v) is 2.64. The van der Waals surface area contributed by atoms with Crippen molar-refractivity contribution in [2.45, 2.75) is 24.9 Å². The minimum atomic E-state index is -0.273. The summed E-state index contributed by atoms with van der Waals surface area (Å²) >= 11 is 1.73. The van der Waals surface area contributed by atoms with Gasteiger partial charge in [0.15, 0.2) is 0 Å². The molecule has 0 aromatic carbocycles. The van der Waals surface area contributed by atoms with E-state index in [1.54, 1.807) is 11.3 Å². The highest BCUT2D eigenvalue weighted by Crippen LogP contribution is 2.30. The smallest absolute Gasteiger partial charge is 0.0960 e. The number of hydrogen-bond donors (Lipinski definition) is 1. The maximum atomic E-state index is 9.29. The first kappa shape index (κ1) is 9.19. The summed E-state index contributed by atoms with van der Waals surface area (Å²) in [5, 5.41) is 11.4. The molecule has 1 aliphatic rings. The molecule has 1 saturated heterocycles. The molecule has 2 heterocycles. The molecule has 1 unspecified atom stereocenters. The van der Waals surface area contributed by atoms with Crippen LogP contribution in [0.15, 0.2) is 17.5 Å². The number of aliphatic hydroxyl groups is 1. The summed E-state index contributed by atoms with van der Waals surface area (Å²) in [6.45, 7) is 0.941. The molecular weight excluding hydrogens is 184 g/mol. The van der Waals surface area contributed by atoms with Crippen molar-refractivity contribution in [1.82, 2.24) is 0 Å². The van der Waals surface area contributed by atoms with E-state index in [0.29, 0.717) is 0 Å². The molecule has 1 N–H and O–H groups in total. The van der Waals surface area contributed by atoms with Gasteiger partial charge >= 0.3 is 0 Å². The van der Waals surface area contributed by atoms with E-state index >= 15 is 0 Å². The molecule has 1 aliphatic heterocycles. The van der Waals surface area contributed by atoms with Gasteiger partial charge in [-0.25, -0.2) is 0 Å². The molecule has 13 heavy (non-hydrogen) atoms. The predicted octanol–water partition coefficient (Wildman–Crippen LogP) is 1.83. The fraction of sp³-hybridized carbons (Fsp3) is 0.600. The molecule has 2 rings (SSSR count). The van der Waals surface area contributed by atoms with Crippen molar-refractivity contribution >= 4 is 11.3 Å². The van der Waals surface area contributed by atoms with Gasteiger partial charge in [0.05, 0.1) is 12.2 Å². The van der Waals surface area contributed by atoms with Crippen molar-refractivity contribution in [1.29, 1.82) is 0 Å². The standard InChI is InChI=1S/C10H14O2S/c11-8-10(4-2-5-12-10)7-9-3-1-6-13-9/h1,3,6,11H,2,4-5,7-8H2. The van der Waals surface area contributed by atoms with Crippen LogP contribution in [0.3, 0.4) is 0 Å². The molecule has 1 fully saturated rings. The van der Waals surface area contributed by atoms with E-state index in [4.69, 9.17) is 4.74 Å². The Labute approximate surface area is 82.2 Å². The number of ether oxygens (including phenoxy) is 1. The zero-order chi connectivity index (χ0) is 9.15. The Morgan fingerprint density at radius 2 is 2.54 bits per heavy atom. The van der Waals surface area contributed by atoms with Gasteiger partial charge in [0.2, 0.25) is 0 Å². The van der Waals surface area contributed by atoms with E-state index in [-0.39, 0.29) is 12.2 Å². The largest absolute Gasteiger partial charge is 0.393 e. The Balaban J connectivity index is 2.06. The lowest BCUT2D eigenvalue weighted by Crippen LogP contribution is -2.34. The Morgan fingerprint density at radius 1 is 1.62 bits per heavy atom. The first-order valence-electron chi connectivity index (χ1n) is 4.62. The van der Waals surface area contributed by atoms with Crippen LogP contribution in [-0.2, 0) is 11.2 Å². The average Bonchev–Trinajstić information content (AvgIpc) is 2.77. The third-order valence-corrected chi connectivity index (χ3v) is 3.43. The molecule has 2 nitrogen and oxygen atoms in total. The Morgan fingerprint density at radius 3 is 3.08 bits per heavy atom. The molecule has 72 valence electrons. The van der Waals surface area contributed by atoms with Crippen LogP contribution in [0.25, 0.3) is 0 Å². The van der Waals surface area contributed by atoms with Crippen molar-refractivity contribution in [3.63, 3.8) is 0 Å². The highest BCUT2D eigenvalue weighted by atomic mass is 32.1. The van der Waals surface area contributed by atoms with E-state index in [2.05, 4.69) is 11.4 Å². The third-order valence-electron chi connectivity index (χ3n) is 2.55. The van der Waals surface area contributed by atoms with Crippen LogP contribution in [0.1, 0.15) is 17.7 Å². The van der Waals surface area contributed by atoms with Crippen LogP contribution >= 0.6 is 11.3 Å². The van der Waals surface area contributed by atoms with Crippen LogP contribution in [0.5, 0.6) is 0 Å².